The molecule has 0 radical (unpaired) electrons. The molecule has 1 N–H and O–H groups in total. The fourth-order valence-corrected chi connectivity index (χ4v) is 2.19. The van der Waals surface area contributed by atoms with E-state index in [4.69, 9.17) is 0 Å². The first-order valence-electron chi connectivity index (χ1n) is 4.36. The van der Waals surface area contributed by atoms with Gasteiger partial charge < -0.3 is 10.7 Å². The molecule has 5 heteroatoms. The SMILES string of the molecule is [O-]NC1=N[C@H](Cc2ccncc2)CS1. The summed E-state index contributed by atoms with van der Waals surface area (Å²) in [5.74, 6) is 0.882. The van der Waals surface area contributed by atoms with Crippen LogP contribution in [0.5, 0.6) is 0 Å². The summed E-state index contributed by atoms with van der Waals surface area (Å²) in [5.41, 5.74) is 3.04. The molecule has 1 atom stereocenters. The molecular formula is C9H10N3OS-. The van der Waals surface area contributed by atoms with Gasteiger partial charge in [-0.1, -0.05) is 11.8 Å². The minimum atomic E-state index is 0.221. The maximum absolute atomic E-state index is 10.3. The van der Waals surface area contributed by atoms with Crippen LogP contribution in [0.3, 0.4) is 0 Å². The van der Waals surface area contributed by atoms with E-state index in [2.05, 4.69) is 9.98 Å². The molecule has 1 aliphatic heterocycles. The molecule has 0 saturated heterocycles. The van der Waals surface area contributed by atoms with Gasteiger partial charge in [0, 0.05) is 18.1 Å². The summed E-state index contributed by atoms with van der Waals surface area (Å²) in [6.45, 7) is 0. The lowest BCUT2D eigenvalue weighted by Crippen LogP contribution is -2.10. The van der Waals surface area contributed by atoms with Crippen molar-refractivity contribution in [3.8, 4) is 0 Å². The van der Waals surface area contributed by atoms with Crippen LogP contribution < -0.4 is 5.48 Å². The number of hydroxylamine groups is 1. The normalized spacial score (nSPS) is 20.6. The molecular weight excluding hydrogens is 198 g/mol. The van der Waals surface area contributed by atoms with E-state index in [1.165, 1.54) is 17.3 Å². The first kappa shape index (κ1) is 9.48. The Labute approximate surface area is 86.4 Å². The first-order valence-corrected chi connectivity index (χ1v) is 5.34. The summed E-state index contributed by atoms with van der Waals surface area (Å²) < 4.78 is 0. The van der Waals surface area contributed by atoms with Crippen LogP contribution in [0, 0.1) is 5.21 Å². The Bertz CT molecular complexity index is 328. The molecule has 0 bridgehead atoms. The molecule has 4 nitrogen and oxygen atoms in total. The summed E-state index contributed by atoms with van der Waals surface area (Å²) >= 11 is 1.48. The van der Waals surface area contributed by atoms with E-state index in [0.717, 1.165) is 12.2 Å². The Morgan fingerprint density at radius 3 is 2.93 bits per heavy atom. The molecule has 1 aliphatic rings. The Hall–Kier alpha value is -1.07. The lowest BCUT2D eigenvalue weighted by molar-refractivity contribution is 0.759. The van der Waals surface area contributed by atoms with E-state index in [0.29, 0.717) is 5.17 Å². The van der Waals surface area contributed by atoms with Gasteiger partial charge in [0.1, 0.15) is 5.17 Å². The Morgan fingerprint density at radius 1 is 1.50 bits per heavy atom. The van der Waals surface area contributed by atoms with Crippen LogP contribution in [0.25, 0.3) is 0 Å². The molecule has 0 unspecified atom stereocenters. The quantitative estimate of drug-likeness (QED) is 0.741. The van der Waals surface area contributed by atoms with Crippen molar-refractivity contribution in [3.63, 3.8) is 0 Å². The van der Waals surface area contributed by atoms with Crippen LogP contribution in [0.1, 0.15) is 5.56 Å². The van der Waals surface area contributed by atoms with Gasteiger partial charge in [-0.05, 0) is 24.1 Å². The van der Waals surface area contributed by atoms with Crippen molar-refractivity contribution in [2.75, 3.05) is 5.75 Å². The second-order valence-electron chi connectivity index (χ2n) is 3.06. The summed E-state index contributed by atoms with van der Waals surface area (Å²) in [5, 5.41) is 10.8. The predicted molar refractivity (Wildman–Crippen MR) is 58.1 cm³/mol. The van der Waals surface area contributed by atoms with Crippen molar-refractivity contribution < 1.29 is 0 Å². The minimum absolute atomic E-state index is 0.221. The van der Waals surface area contributed by atoms with Crippen molar-refractivity contribution >= 4 is 16.9 Å². The molecule has 1 aromatic heterocycles. The van der Waals surface area contributed by atoms with Crippen LogP contribution in [-0.2, 0) is 6.42 Å². The molecule has 1 aromatic rings. The highest BCUT2D eigenvalue weighted by Gasteiger charge is 2.16. The number of thioether (sulfide) groups is 1. The van der Waals surface area contributed by atoms with Gasteiger partial charge >= 0.3 is 0 Å². The Morgan fingerprint density at radius 2 is 2.29 bits per heavy atom. The summed E-state index contributed by atoms with van der Waals surface area (Å²) in [7, 11) is 0. The van der Waals surface area contributed by atoms with Gasteiger partial charge in [0.2, 0.25) is 0 Å². The van der Waals surface area contributed by atoms with Crippen LogP contribution >= 0.6 is 11.8 Å². The molecule has 2 rings (SSSR count). The summed E-state index contributed by atoms with van der Waals surface area (Å²) in [4.78, 5) is 8.19. The zero-order valence-corrected chi connectivity index (χ0v) is 8.33. The van der Waals surface area contributed by atoms with Gasteiger partial charge in [0.05, 0.1) is 6.04 Å². The number of pyridine rings is 1. The molecule has 0 fully saturated rings. The number of amidine groups is 1. The largest absolute Gasteiger partial charge is 0.759 e. The Balaban J connectivity index is 1.97. The van der Waals surface area contributed by atoms with Gasteiger partial charge in [0.25, 0.3) is 0 Å². The molecule has 0 amide bonds. The van der Waals surface area contributed by atoms with Gasteiger partial charge in [-0.2, -0.15) is 0 Å². The van der Waals surface area contributed by atoms with Crippen molar-refractivity contribution in [1.82, 2.24) is 10.5 Å². The zero-order chi connectivity index (χ0) is 9.80. The van der Waals surface area contributed by atoms with Crippen molar-refractivity contribution in [2.24, 2.45) is 4.99 Å². The second kappa shape index (κ2) is 4.43. The average molecular weight is 208 g/mol. The summed E-state index contributed by atoms with van der Waals surface area (Å²) in [6.07, 6.45) is 4.42. The maximum Gasteiger partial charge on any atom is 0.146 e. The molecule has 2 heterocycles. The van der Waals surface area contributed by atoms with Gasteiger partial charge in [-0.3, -0.25) is 9.98 Å². The highest BCUT2D eigenvalue weighted by molar-refractivity contribution is 8.14. The monoisotopic (exact) mass is 208 g/mol. The Kier molecular flexibility index (Phi) is 3.00. The van der Waals surface area contributed by atoms with Crippen LogP contribution in [0.4, 0.5) is 0 Å². The zero-order valence-electron chi connectivity index (χ0n) is 7.51. The smallest absolute Gasteiger partial charge is 0.146 e. The van der Waals surface area contributed by atoms with E-state index in [1.807, 2.05) is 17.6 Å². The maximum atomic E-state index is 10.3. The lowest BCUT2D eigenvalue weighted by atomic mass is 10.1. The van der Waals surface area contributed by atoms with Gasteiger partial charge in [-0.25, -0.2) is 0 Å². The second-order valence-corrected chi connectivity index (χ2v) is 4.07. The predicted octanol–water partition coefficient (Wildman–Crippen LogP) is 1.18. The number of aliphatic imine (C=N–C) groups is 1. The lowest BCUT2D eigenvalue weighted by Gasteiger charge is -2.05. The van der Waals surface area contributed by atoms with Crippen LogP contribution in [-0.4, -0.2) is 21.9 Å². The molecule has 74 valence electrons. The van der Waals surface area contributed by atoms with Gasteiger partial charge in [0.15, 0.2) is 0 Å². The van der Waals surface area contributed by atoms with E-state index >= 15 is 0 Å². The fourth-order valence-electron chi connectivity index (χ4n) is 1.37. The van der Waals surface area contributed by atoms with Crippen LogP contribution in [0.2, 0.25) is 0 Å². The number of rotatable bonds is 2. The van der Waals surface area contributed by atoms with Crippen LogP contribution in [0.15, 0.2) is 29.5 Å². The third-order valence-corrected chi connectivity index (χ3v) is 3.03. The third kappa shape index (κ3) is 2.24. The topological polar surface area (TPSA) is 60.3 Å². The standard InChI is InChI=1S/C9H10N3OS/c13-12-9-11-8(6-14-9)5-7-1-3-10-4-2-7/h1-4,8H,5-6H2,(H-,11,12,13)/q-1/t8-/m1/s1. The summed E-state index contributed by atoms with van der Waals surface area (Å²) in [6, 6.07) is 4.17. The number of hydrogen-bond donors (Lipinski definition) is 1. The van der Waals surface area contributed by atoms with Crippen molar-refractivity contribution in [1.29, 1.82) is 0 Å². The number of nitrogens with one attached hydrogen (secondary N) is 1. The third-order valence-electron chi connectivity index (χ3n) is 2.02. The first-order chi connectivity index (χ1) is 6.88. The number of aromatic nitrogens is 1. The van der Waals surface area contributed by atoms with E-state index < -0.39 is 0 Å². The molecule has 14 heavy (non-hydrogen) atoms. The molecule has 0 saturated carbocycles. The molecule has 0 aliphatic carbocycles. The molecule has 0 aromatic carbocycles. The van der Waals surface area contributed by atoms with E-state index in [9.17, 15) is 5.21 Å². The average Bonchev–Trinajstić information content (AvgIpc) is 2.67. The number of nitrogens with zero attached hydrogens (tertiary/aromatic N) is 2. The van der Waals surface area contributed by atoms with Crippen molar-refractivity contribution in [3.05, 3.63) is 35.3 Å². The highest BCUT2D eigenvalue weighted by Crippen LogP contribution is 2.19. The minimum Gasteiger partial charge on any atom is -0.759 e. The van der Waals surface area contributed by atoms with E-state index in [-0.39, 0.29) is 6.04 Å². The molecule has 0 spiro atoms. The van der Waals surface area contributed by atoms with Gasteiger partial charge in [-0.15, -0.1) is 0 Å². The van der Waals surface area contributed by atoms with Crippen molar-refractivity contribution in [2.45, 2.75) is 12.5 Å². The number of hydrogen-bond acceptors (Lipinski definition) is 5. The van der Waals surface area contributed by atoms with E-state index in [1.54, 1.807) is 12.4 Å². The highest BCUT2D eigenvalue weighted by atomic mass is 32.2. The fraction of sp³-hybridized carbons (Fsp3) is 0.333.